The van der Waals surface area contributed by atoms with E-state index in [2.05, 4.69) is 79.8 Å². The van der Waals surface area contributed by atoms with Gasteiger partial charge in [0.25, 0.3) is 0 Å². The minimum Gasteiger partial charge on any atom is -0.457 e. The SMILES string of the molecule is Clc1cccc(CN2CCCC(n3ncc4cc(Oc5ccc6c(cnn6C6CCCN(Cc7cccc(Cl)c7)C6)c5)ccc43)C2)c1. The number of hydrogen-bond donors (Lipinski definition) is 0. The lowest BCUT2D eigenvalue weighted by atomic mass is 10.0. The first-order chi connectivity index (χ1) is 23.0. The molecule has 8 rings (SSSR count). The maximum Gasteiger partial charge on any atom is 0.128 e. The monoisotopic (exact) mass is 664 g/mol. The Balaban J connectivity index is 0.937. The van der Waals surface area contributed by atoms with Crippen molar-refractivity contribution in [3.8, 4) is 11.5 Å². The smallest absolute Gasteiger partial charge is 0.128 e. The number of piperidine rings is 2. The molecule has 4 aromatic carbocycles. The predicted molar refractivity (Wildman–Crippen MR) is 190 cm³/mol. The van der Waals surface area contributed by atoms with Crippen molar-refractivity contribution in [3.05, 3.63) is 118 Å². The van der Waals surface area contributed by atoms with E-state index >= 15 is 0 Å². The number of halogens is 2. The summed E-state index contributed by atoms with van der Waals surface area (Å²) in [6.07, 6.45) is 8.46. The number of benzene rings is 4. The molecule has 0 radical (unpaired) electrons. The third-order valence-corrected chi connectivity index (χ3v) is 10.1. The fraction of sp³-hybridized carbons (Fsp3) is 0.316. The summed E-state index contributed by atoms with van der Waals surface area (Å²) in [7, 11) is 0. The standard InChI is InChI=1S/C38H38Cl2N6O/c39-31-7-1-5-27(17-31)23-43-15-3-9-33(25-43)45-37-13-11-35(19-29(37)21-41-45)47-36-12-14-38-30(20-36)22-42-46(38)34-10-4-16-44(26-34)24-28-6-2-8-32(40)18-28/h1-2,5-8,11-14,17-22,33-34H,3-4,9-10,15-16,23-26H2. The number of likely N-dealkylation sites (tertiary alicyclic amines) is 2. The second-order valence-electron chi connectivity index (χ2n) is 13.0. The molecule has 0 spiro atoms. The van der Waals surface area contributed by atoms with Gasteiger partial charge in [-0.15, -0.1) is 0 Å². The van der Waals surface area contributed by atoms with Gasteiger partial charge >= 0.3 is 0 Å². The molecular weight excluding hydrogens is 627 g/mol. The van der Waals surface area contributed by atoms with Crippen molar-refractivity contribution in [2.24, 2.45) is 0 Å². The molecule has 2 atom stereocenters. The second-order valence-corrected chi connectivity index (χ2v) is 13.9. The van der Waals surface area contributed by atoms with Crippen LogP contribution in [-0.4, -0.2) is 55.5 Å². The van der Waals surface area contributed by atoms with Crippen LogP contribution in [-0.2, 0) is 13.1 Å². The predicted octanol–water partition coefficient (Wildman–Crippen LogP) is 9.16. The van der Waals surface area contributed by atoms with E-state index in [1.165, 1.54) is 11.1 Å². The van der Waals surface area contributed by atoms with Gasteiger partial charge in [0.2, 0.25) is 0 Å². The van der Waals surface area contributed by atoms with Gasteiger partial charge in [0, 0.05) is 47.0 Å². The molecular formula is C38H38Cl2N6O. The van der Waals surface area contributed by atoms with E-state index in [1.807, 2.05) is 36.7 Å². The molecule has 47 heavy (non-hydrogen) atoms. The van der Waals surface area contributed by atoms with Gasteiger partial charge in [-0.2, -0.15) is 10.2 Å². The molecule has 9 heteroatoms. The van der Waals surface area contributed by atoms with Gasteiger partial charge in [-0.3, -0.25) is 19.2 Å². The summed E-state index contributed by atoms with van der Waals surface area (Å²) in [6.45, 7) is 5.92. The Kier molecular flexibility index (Phi) is 8.63. The van der Waals surface area contributed by atoms with Gasteiger partial charge in [0.15, 0.2) is 0 Å². The lowest BCUT2D eigenvalue weighted by Gasteiger charge is -2.33. The molecule has 2 saturated heterocycles. The molecule has 0 N–H and O–H groups in total. The third kappa shape index (κ3) is 6.76. The number of nitrogens with zero attached hydrogens (tertiary/aromatic N) is 6. The largest absolute Gasteiger partial charge is 0.457 e. The first kappa shape index (κ1) is 30.5. The number of rotatable bonds is 8. The van der Waals surface area contributed by atoms with Gasteiger partial charge in [-0.05, 0) is 111 Å². The molecule has 0 saturated carbocycles. The Morgan fingerprint density at radius 2 is 1.11 bits per heavy atom. The summed E-state index contributed by atoms with van der Waals surface area (Å²) >= 11 is 12.5. The van der Waals surface area contributed by atoms with Crippen LogP contribution in [0.4, 0.5) is 0 Å². The Labute approximate surface area is 285 Å². The molecule has 2 aromatic heterocycles. The average Bonchev–Trinajstić information content (AvgIpc) is 3.69. The van der Waals surface area contributed by atoms with Crippen LogP contribution in [0.3, 0.4) is 0 Å². The van der Waals surface area contributed by atoms with Crippen LogP contribution in [0, 0.1) is 0 Å². The highest BCUT2D eigenvalue weighted by Crippen LogP contribution is 2.33. The van der Waals surface area contributed by atoms with Crippen molar-refractivity contribution in [1.82, 2.24) is 29.4 Å². The first-order valence-electron chi connectivity index (χ1n) is 16.6. The number of hydrogen-bond acceptors (Lipinski definition) is 5. The van der Waals surface area contributed by atoms with Crippen LogP contribution < -0.4 is 4.74 Å². The van der Waals surface area contributed by atoms with Crippen molar-refractivity contribution < 1.29 is 4.74 Å². The van der Waals surface area contributed by atoms with E-state index in [4.69, 9.17) is 38.1 Å². The van der Waals surface area contributed by atoms with Crippen molar-refractivity contribution >= 4 is 45.0 Å². The van der Waals surface area contributed by atoms with E-state index in [0.717, 1.165) is 108 Å². The quantitative estimate of drug-likeness (QED) is 0.162. The average molecular weight is 666 g/mol. The van der Waals surface area contributed by atoms with Crippen molar-refractivity contribution in [3.63, 3.8) is 0 Å². The summed E-state index contributed by atoms with van der Waals surface area (Å²) in [6, 6.07) is 29.6. The Morgan fingerprint density at radius 3 is 1.57 bits per heavy atom. The maximum absolute atomic E-state index is 6.38. The highest BCUT2D eigenvalue weighted by Gasteiger charge is 2.25. The highest BCUT2D eigenvalue weighted by molar-refractivity contribution is 6.30. The molecule has 6 aromatic rings. The minimum absolute atomic E-state index is 0.333. The molecule has 0 amide bonds. The van der Waals surface area contributed by atoms with Gasteiger partial charge in [-0.25, -0.2) is 0 Å². The zero-order valence-electron chi connectivity index (χ0n) is 26.3. The van der Waals surface area contributed by atoms with E-state index in [9.17, 15) is 0 Å². The fourth-order valence-corrected chi connectivity index (χ4v) is 7.87. The van der Waals surface area contributed by atoms with Crippen LogP contribution in [0.2, 0.25) is 10.0 Å². The lowest BCUT2D eigenvalue weighted by Crippen LogP contribution is -2.36. The normalized spacial score (nSPS) is 19.4. The van der Waals surface area contributed by atoms with Crippen LogP contribution in [0.15, 0.2) is 97.3 Å². The van der Waals surface area contributed by atoms with Crippen molar-refractivity contribution in [2.45, 2.75) is 50.9 Å². The molecule has 2 aliphatic rings. The number of aromatic nitrogens is 4. The number of fused-ring (bicyclic) bond motifs is 2. The molecule has 240 valence electrons. The molecule has 2 unspecified atom stereocenters. The van der Waals surface area contributed by atoms with Crippen LogP contribution in [0.25, 0.3) is 21.8 Å². The van der Waals surface area contributed by atoms with Crippen LogP contribution >= 0.6 is 23.2 Å². The second kappa shape index (κ2) is 13.3. The molecule has 4 heterocycles. The topological polar surface area (TPSA) is 51.4 Å². The van der Waals surface area contributed by atoms with E-state index in [-0.39, 0.29) is 0 Å². The summed E-state index contributed by atoms with van der Waals surface area (Å²) in [4.78, 5) is 5.02. The van der Waals surface area contributed by atoms with E-state index < -0.39 is 0 Å². The van der Waals surface area contributed by atoms with Crippen LogP contribution in [0.1, 0.15) is 48.9 Å². The molecule has 0 bridgehead atoms. The van der Waals surface area contributed by atoms with E-state index in [0.29, 0.717) is 12.1 Å². The summed E-state index contributed by atoms with van der Waals surface area (Å²) in [5, 5.41) is 13.4. The summed E-state index contributed by atoms with van der Waals surface area (Å²) < 4.78 is 10.8. The Morgan fingerprint density at radius 1 is 0.617 bits per heavy atom. The Bertz CT molecular complexity index is 1880. The molecule has 2 fully saturated rings. The van der Waals surface area contributed by atoms with Crippen molar-refractivity contribution in [2.75, 3.05) is 26.2 Å². The fourth-order valence-electron chi connectivity index (χ4n) is 7.44. The minimum atomic E-state index is 0.333. The number of ether oxygens (including phenoxy) is 1. The zero-order chi connectivity index (χ0) is 31.7. The summed E-state index contributed by atoms with van der Waals surface area (Å²) in [5.74, 6) is 1.61. The van der Waals surface area contributed by atoms with Crippen LogP contribution in [0.5, 0.6) is 11.5 Å². The molecule has 2 aliphatic heterocycles. The van der Waals surface area contributed by atoms with Gasteiger partial charge in [0.1, 0.15) is 11.5 Å². The first-order valence-corrected chi connectivity index (χ1v) is 17.4. The van der Waals surface area contributed by atoms with E-state index in [1.54, 1.807) is 0 Å². The molecule has 7 nitrogen and oxygen atoms in total. The maximum atomic E-state index is 6.38. The van der Waals surface area contributed by atoms with Crippen molar-refractivity contribution in [1.29, 1.82) is 0 Å². The Hall–Kier alpha value is -3.88. The third-order valence-electron chi connectivity index (χ3n) is 9.61. The molecule has 0 aliphatic carbocycles. The summed E-state index contributed by atoms with van der Waals surface area (Å²) in [5.41, 5.74) is 4.78. The van der Waals surface area contributed by atoms with Gasteiger partial charge in [0.05, 0.1) is 35.5 Å². The van der Waals surface area contributed by atoms with Gasteiger partial charge in [-0.1, -0.05) is 47.5 Å². The zero-order valence-corrected chi connectivity index (χ0v) is 27.8. The van der Waals surface area contributed by atoms with Gasteiger partial charge < -0.3 is 4.74 Å². The highest BCUT2D eigenvalue weighted by atomic mass is 35.5. The lowest BCUT2D eigenvalue weighted by molar-refractivity contribution is 0.165.